The number of aryl methyl sites for hydroxylation is 1. The van der Waals surface area contributed by atoms with Crippen molar-refractivity contribution in [2.75, 3.05) is 0 Å². The third-order valence-corrected chi connectivity index (χ3v) is 4.94. The second kappa shape index (κ2) is 12.5. The number of benzene rings is 1. The number of ether oxygens (including phenoxy) is 1. The molecule has 0 amide bonds. The van der Waals surface area contributed by atoms with Crippen LogP contribution in [0.25, 0.3) is 11.4 Å². The van der Waals surface area contributed by atoms with Gasteiger partial charge in [-0.3, -0.25) is 0 Å². The fourth-order valence-corrected chi connectivity index (χ4v) is 3.22. The van der Waals surface area contributed by atoms with Gasteiger partial charge in [-0.1, -0.05) is 52.4 Å². The van der Waals surface area contributed by atoms with Crippen LogP contribution in [0.5, 0.6) is 5.75 Å². The quantitative estimate of drug-likeness (QED) is 0.357. The number of aromatic nitrogens is 2. The van der Waals surface area contributed by atoms with Crippen LogP contribution >= 0.6 is 0 Å². The van der Waals surface area contributed by atoms with E-state index < -0.39 is 0 Å². The Morgan fingerprint density at radius 3 is 2.07 bits per heavy atom. The normalized spacial score (nSPS) is 12.1. The van der Waals surface area contributed by atoms with Gasteiger partial charge in [0.05, 0.1) is 6.10 Å². The molecule has 0 unspecified atom stereocenters. The number of hydrogen-bond acceptors (Lipinski definition) is 3. The first kappa shape index (κ1) is 21.4. The van der Waals surface area contributed by atoms with Gasteiger partial charge in [0, 0.05) is 18.0 Å². The van der Waals surface area contributed by atoms with Crippen LogP contribution in [0.15, 0.2) is 36.7 Å². The molecule has 2 rings (SSSR count). The molecule has 0 aliphatic heterocycles. The molecule has 0 bridgehead atoms. The highest BCUT2D eigenvalue weighted by atomic mass is 16.5. The minimum atomic E-state index is 0.260. The standard InChI is InChI=1S/C24H36N2O/c1-4-6-8-10-12-20(3)27-23-16-14-22(15-17-23)24-25-18-21(19-26-24)13-11-9-7-5-2/h14-20H,4-13H2,1-3H3/t20-/m0/s1. The van der Waals surface area contributed by atoms with E-state index in [4.69, 9.17) is 4.74 Å². The van der Waals surface area contributed by atoms with E-state index in [0.717, 1.165) is 30.0 Å². The average molecular weight is 369 g/mol. The van der Waals surface area contributed by atoms with E-state index in [-0.39, 0.29) is 6.10 Å². The van der Waals surface area contributed by atoms with Crippen molar-refractivity contribution < 1.29 is 4.74 Å². The molecular weight excluding hydrogens is 332 g/mol. The minimum Gasteiger partial charge on any atom is -0.491 e. The zero-order valence-corrected chi connectivity index (χ0v) is 17.4. The van der Waals surface area contributed by atoms with Gasteiger partial charge in [0.2, 0.25) is 0 Å². The maximum absolute atomic E-state index is 6.03. The fraction of sp³-hybridized carbons (Fsp3) is 0.583. The van der Waals surface area contributed by atoms with Gasteiger partial charge in [-0.05, 0) is 62.4 Å². The Labute approximate surface area is 165 Å². The number of rotatable bonds is 13. The smallest absolute Gasteiger partial charge is 0.159 e. The van der Waals surface area contributed by atoms with Gasteiger partial charge in [-0.2, -0.15) is 0 Å². The summed E-state index contributed by atoms with van der Waals surface area (Å²) in [6, 6.07) is 8.16. The summed E-state index contributed by atoms with van der Waals surface area (Å²) in [7, 11) is 0. The van der Waals surface area contributed by atoms with Crippen LogP contribution in [0.2, 0.25) is 0 Å². The van der Waals surface area contributed by atoms with Crippen molar-refractivity contribution in [3.63, 3.8) is 0 Å². The lowest BCUT2D eigenvalue weighted by atomic mass is 10.1. The van der Waals surface area contributed by atoms with Crippen molar-refractivity contribution in [1.82, 2.24) is 9.97 Å². The van der Waals surface area contributed by atoms with E-state index in [1.807, 2.05) is 24.5 Å². The van der Waals surface area contributed by atoms with Gasteiger partial charge in [-0.15, -0.1) is 0 Å². The summed E-state index contributed by atoms with van der Waals surface area (Å²) in [5, 5.41) is 0. The lowest BCUT2D eigenvalue weighted by Crippen LogP contribution is -2.11. The molecule has 0 saturated heterocycles. The second-order valence-corrected chi connectivity index (χ2v) is 7.53. The monoisotopic (exact) mass is 368 g/mol. The highest BCUT2D eigenvalue weighted by molar-refractivity contribution is 5.55. The van der Waals surface area contributed by atoms with Gasteiger partial charge in [0.15, 0.2) is 5.82 Å². The first-order valence-electron chi connectivity index (χ1n) is 10.8. The molecule has 0 spiro atoms. The van der Waals surface area contributed by atoms with E-state index in [0.29, 0.717) is 0 Å². The maximum Gasteiger partial charge on any atom is 0.159 e. The first-order valence-corrected chi connectivity index (χ1v) is 10.8. The Balaban J connectivity index is 1.82. The summed E-state index contributed by atoms with van der Waals surface area (Å²) in [6.45, 7) is 6.64. The van der Waals surface area contributed by atoms with Crippen LogP contribution in [0.4, 0.5) is 0 Å². The first-order chi connectivity index (χ1) is 13.2. The summed E-state index contributed by atoms with van der Waals surface area (Å²) in [5.74, 6) is 1.71. The Morgan fingerprint density at radius 2 is 1.44 bits per heavy atom. The van der Waals surface area contributed by atoms with Crippen molar-refractivity contribution in [3.8, 4) is 17.1 Å². The minimum absolute atomic E-state index is 0.260. The predicted molar refractivity (Wildman–Crippen MR) is 114 cm³/mol. The predicted octanol–water partition coefficient (Wildman–Crippen LogP) is 7.00. The SMILES string of the molecule is CCCCCCc1cnc(-c2ccc(O[C@@H](C)CCCCCC)cc2)nc1. The molecule has 1 atom stereocenters. The number of hydrogen-bond donors (Lipinski definition) is 0. The Morgan fingerprint density at radius 1 is 0.815 bits per heavy atom. The summed E-state index contributed by atoms with van der Waals surface area (Å²) in [6.07, 6.45) is 16.6. The van der Waals surface area contributed by atoms with E-state index in [2.05, 4.69) is 42.9 Å². The molecule has 0 aliphatic rings. The molecule has 0 fully saturated rings. The van der Waals surface area contributed by atoms with E-state index in [1.165, 1.54) is 56.9 Å². The molecule has 0 aliphatic carbocycles. The molecule has 27 heavy (non-hydrogen) atoms. The molecule has 1 aromatic heterocycles. The summed E-state index contributed by atoms with van der Waals surface area (Å²) in [4.78, 5) is 9.09. The van der Waals surface area contributed by atoms with E-state index in [1.54, 1.807) is 0 Å². The van der Waals surface area contributed by atoms with Crippen LogP contribution in [0.3, 0.4) is 0 Å². The lowest BCUT2D eigenvalue weighted by molar-refractivity contribution is 0.206. The van der Waals surface area contributed by atoms with Crippen molar-refractivity contribution in [1.29, 1.82) is 0 Å². The zero-order chi connectivity index (χ0) is 19.3. The second-order valence-electron chi connectivity index (χ2n) is 7.53. The molecule has 3 heteroatoms. The van der Waals surface area contributed by atoms with Gasteiger partial charge >= 0.3 is 0 Å². The van der Waals surface area contributed by atoms with Gasteiger partial charge in [0.25, 0.3) is 0 Å². The van der Waals surface area contributed by atoms with Crippen LogP contribution < -0.4 is 4.74 Å². The molecule has 1 heterocycles. The lowest BCUT2D eigenvalue weighted by Gasteiger charge is -2.14. The number of nitrogens with zero attached hydrogens (tertiary/aromatic N) is 2. The third-order valence-electron chi connectivity index (χ3n) is 4.94. The molecule has 1 aromatic carbocycles. The number of unbranched alkanes of at least 4 members (excludes halogenated alkanes) is 6. The van der Waals surface area contributed by atoms with Crippen LogP contribution in [-0.2, 0) is 6.42 Å². The summed E-state index contributed by atoms with van der Waals surface area (Å²) < 4.78 is 6.03. The van der Waals surface area contributed by atoms with Crippen LogP contribution in [0, 0.1) is 0 Å². The molecule has 0 radical (unpaired) electrons. The van der Waals surface area contributed by atoms with Gasteiger partial charge < -0.3 is 4.74 Å². The molecule has 0 saturated carbocycles. The van der Waals surface area contributed by atoms with Crippen molar-refractivity contribution >= 4 is 0 Å². The Hall–Kier alpha value is -1.90. The third kappa shape index (κ3) is 8.11. The molecule has 3 nitrogen and oxygen atoms in total. The molecule has 2 aromatic rings. The Bertz CT molecular complexity index is 622. The summed E-state index contributed by atoms with van der Waals surface area (Å²) in [5.41, 5.74) is 2.27. The topological polar surface area (TPSA) is 35.0 Å². The van der Waals surface area contributed by atoms with E-state index >= 15 is 0 Å². The van der Waals surface area contributed by atoms with E-state index in [9.17, 15) is 0 Å². The van der Waals surface area contributed by atoms with Crippen molar-refractivity contribution in [3.05, 3.63) is 42.2 Å². The Kier molecular flexibility index (Phi) is 9.89. The molecule has 148 valence electrons. The largest absolute Gasteiger partial charge is 0.491 e. The van der Waals surface area contributed by atoms with Gasteiger partial charge in [0.1, 0.15) is 5.75 Å². The summed E-state index contributed by atoms with van der Waals surface area (Å²) >= 11 is 0. The zero-order valence-electron chi connectivity index (χ0n) is 17.4. The highest BCUT2D eigenvalue weighted by Crippen LogP contribution is 2.21. The van der Waals surface area contributed by atoms with Crippen LogP contribution in [-0.4, -0.2) is 16.1 Å². The van der Waals surface area contributed by atoms with Crippen LogP contribution in [0.1, 0.15) is 84.1 Å². The highest BCUT2D eigenvalue weighted by Gasteiger charge is 2.06. The fourth-order valence-electron chi connectivity index (χ4n) is 3.22. The molecule has 0 N–H and O–H groups in total. The van der Waals surface area contributed by atoms with Gasteiger partial charge in [-0.25, -0.2) is 9.97 Å². The average Bonchev–Trinajstić information content (AvgIpc) is 2.70. The van der Waals surface area contributed by atoms with Crippen molar-refractivity contribution in [2.45, 2.75) is 91.1 Å². The van der Waals surface area contributed by atoms with Crippen molar-refractivity contribution in [2.24, 2.45) is 0 Å². The molecular formula is C24H36N2O. The maximum atomic E-state index is 6.03.